The molecule has 2 aromatic carbocycles. The number of hydrogen-bond donors (Lipinski definition) is 1. The van der Waals surface area contributed by atoms with E-state index < -0.39 is 59.5 Å². The van der Waals surface area contributed by atoms with Crippen molar-refractivity contribution in [2.45, 2.75) is 107 Å². The summed E-state index contributed by atoms with van der Waals surface area (Å²) >= 11 is 0. The van der Waals surface area contributed by atoms with Crippen LogP contribution < -0.4 is 5.32 Å². The van der Waals surface area contributed by atoms with Gasteiger partial charge in [0.25, 0.3) is 5.91 Å². The second-order valence-electron chi connectivity index (χ2n) is 14.7. The maximum atomic E-state index is 14.1. The molecular weight excluding hydrogens is 720 g/mol. The quantitative estimate of drug-likeness (QED) is 0.0900. The number of alkyl halides is 3. The fourth-order valence-electron chi connectivity index (χ4n) is 6.51. The molecule has 17 heteroatoms. The van der Waals surface area contributed by atoms with Gasteiger partial charge in [0.05, 0.1) is 18.5 Å². The highest BCUT2D eigenvalue weighted by Crippen LogP contribution is 2.62. The molecule has 2 aromatic heterocycles. The molecule has 2 unspecified atom stereocenters. The van der Waals surface area contributed by atoms with Gasteiger partial charge in [-0.1, -0.05) is 76.2 Å². The summed E-state index contributed by atoms with van der Waals surface area (Å²) < 4.78 is 94.9. The standard InChI is InChI=1S/C35H42F3N5O7SSi/c1-7-34(33(18-19-33)50-52(5,6)32(2,3)4)27(47-20-23-14-10-8-11-15-23)26(49-51(45,46)35(36,37)38)31(48-34)43-22-41-25-28(39-21-40-29(25)43)42-30(44)24-16-12-9-13-17-24/h8-17,21-22,26-27,31H,7,18-20H2,1-6H3,(H,39,40,42,44)/t26?,27?,31-,34-/m1/s1. The Kier molecular flexibility index (Phi) is 9.93. The number of aromatic nitrogens is 4. The Morgan fingerprint density at radius 1 is 1.02 bits per heavy atom. The molecule has 1 aliphatic carbocycles. The van der Waals surface area contributed by atoms with E-state index in [2.05, 4.69) is 54.1 Å². The lowest BCUT2D eigenvalue weighted by Gasteiger charge is -2.47. The maximum Gasteiger partial charge on any atom is 0.523 e. The first-order chi connectivity index (χ1) is 24.3. The number of rotatable bonds is 12. The van der Waals surface area contributed by atoms with Crippen LogP contribution in [0.2, 0.25) is 18.1 Å². The van der Waals surface area contributed by atoms with Crippen LogP contribution in [-0.2, 0) is 34.8 Å². The predicted molar refractivity (Wildman–Crippen MR) is 188 cm³/mol. The lowest BCUT2D eigenvalue weighted by atomic mass is 9.84. The third kappa shape index (κ3) is 6.89. The summed E-state index contributed by atoms with van der Waals surface area (Å²) in [5.74, 6) is -0.461. The molecule has 4 atom stereocenters. The largest absolute Gasteiger partial charge is 0.523 e. The van der Waals surface area contributed by atoms with Crippen LogP contribution in [0.15, 0.2) is 73.3 Å². The Morgan fingerprint density at radius 2 is 1.65 bits per heavy atom. The molecule has 2 fully saturated rings. The highest BCUT2D eigenvalue weighted by molar-refractivity contribution is 7.87. The van der Waals surface area contributed by atoms with Gasteiger partial charge < -0.3 is 19.2 Å². The van der Waals surface area contributed by atoms with E-state index in [-0.39, 0.29) is 35.0 Å². The molecule has 4 aromatic rings. The molecule has 2 aliphatic rings. The van der Waals surface area contributed by atoms with Gasteiger partial charge in [-0.2, -0.15) is 21.6 Å². The lowest BCUT2D eigenvalue weighted by Crippen LogP contribution is -2.60. The summed E-state index contributed by atoms with van der Waals surface area (Å²) in [7, 11) is -8.75. The van der Waals surface area contributed by atoms with Gasteiger partial charge in [0, 0.05) is 5.56 Å². The van der Waals surface area contributed by atoms with E-state index in [9.17, 15) is 26.4 Å². The summed E-state index contributed by atoms with van der Waals surface area (Å²) in [4.78, 5) is 25.9. The summed E-state index contributed by atoms with van der Waals surface area (Å²) in [6.45, 7) is 12.1. The normalized spacial score (nSPS) is 23.5. The zero-order valence-corrected chi connectivity index (χ0v) is 31.5. The summed E-state index contributed by atoms with van der Waals surface area (Å²) in [6.07, 6.45) is -1.28. The molecule has 1 aliphatic heterocycles. The minimum absolute atomic E-state index is 0.0227. The van der Waals surface area contributed by atoms with Crippen LogP contribution in [0.25, 0.3) is 11.2 Å². The Morgan fingerprint density at radius 3 is 2.23 bits per heavy atom. The van der Waals surface area contributed by atoms with E-state index >= 15 is 0 Å². The maximum absolute atomic E-state index is 14.1. The number of nitrogens with zero attached hydrogens (tertiary/aromatic N) is 4. The van der Waals surface area contributed by atoms with E-state index in [1.165, 1.54) is 10.9 Å². The fraction of sp³-hybridized carbons (Fsp3) is 0.486. The number of carbonyl (C=O) groups is 1. The van der Waals surface area contributed by atoms with Gasteiger partial charge in [-0.3, -0.25) is 13.5 Å². The number of carbonyl (C=O) groups excluding carboxylic acids is 1. The number of amides is 1. The molecule has 1 N–H and O–H groups in total. The Hall–Kier alpha value is -3.74. The van der Waals surface area contributed by atoms with Crippen LogP contribution in [-0.4, -0.2) is 71.1 Å². The van der Waals surface area contributed by atoms with E-state index in [0.717, 1.165) is 6.33 Å². The average molecular weight is 762 g/mol. The molecule has 0 radical (unpaired) electrons. The topological polar surface area (TPSA) is 144 Å². The van der Waals surface area contributed by atoms with Crippen molar-refractivity contribution in [2.75, 3.05) is 5.32 Å². The number of halogens is 3. The van der Waals surface area contributed by atoms with Crippen molar-refractivity contribution in [1.29, 1.82) is 0 Å². The Bertz CT molecular complexity index is 2020. The summed E-state index contributed by atoms with van der Waals surface area (Å²) in [5.41, 5.74) is -7.09. The molecule has 0 spiro atoms. The fourth-order valence-corrected chi connectivity index (χ4v) is 8.76. The number of ether oxygens (including phenoxy) is 2. The minimum atomic E-state index is -6.19. The molecule has 52 heavy (non-hydrogen) atoms. The van der Waals surface area contributed by atoms with Crippen LogP contribution in [0.4, 0.5) is 19.0 Å². The van der Waals surface area contributed by atoms with Gasteiger partial charge in [0.1, 0.15) is 18.0 Å². The first-order valence-corrected chi connectivity index (χ1v) is 21.2. The van der Waals surface area contributed by atoms with Crippen LogP contribution in [0.5, 0.6) is 0 Å². The number of hydrogen-bond acceptors (Lipinski definition) is 10. The number of nitrogens with one attached hydrogen (secondary N) is 1. The van der Waals surface area contributed by atoms with Crippen molar-refractivity contribution in [3.63, 3.8) is 0 Å². The molecular formula is C35H42F3N5O7SSi. The number of imidazole rings is 1. The molecule has 6 rings (SSSR count). The number of benzene rings is 2. The van der Waals surface area contributed by atoms with Gasteiger partial charge in [-0.05, 0) is 55.1 Å². The van der Waals surface area contributed by atoms with Gasteiger partial charge >= 0.3 is 15.6 Å². The van der Waals surface area contributed by atoms with E-state index in [0.29, 0.717) is 24.0 Å². The molecule has 280 valence electrons. The minimum Gasteiger partial charge on any atom is -0.408 e. The van der Waals surface area contributed by atoms with Crippen LogP contribution in [0.1, 0.15) is 69.1 Å². The first kappa shape index (κ1) is 38.0. The van der Waals surface area contributed by atoms with Crippen molar-refractivity contribution in [3.05, 3.63) is 84.4 Å². The lowest BCUT2D eigenvalue weighted by molar-refractivity contribution is -0.184. The van der Waals surface area contributed by atoms with E-state index in [1.54, 1.807) is 61.5 Å². The monoisotopic (exact) mass is 761 g/mol. The van der Waals surface area contributed by atoms with Gasteiger partial charge in [0.15, 0.2) is 37.6 Å². The number of fused-ring (bicyclic) bond motifs is 1. The molecule has 0 bridgehead atoms. The van der Waals surface area contributed by atoms with Crippen molar-refractivity contribution in [3.8, 4) is 0 Å². The highest BCUT2D eigenvalue weighted by atomic mass is 32.2. The zero-order chi connectivity index (χ0) is 37.7. The molecule has 1 saturated carbocycles. The molecule has 3 heterocycles. The van der Waals surface area contributed by atoms with Crippen LogP contribution >= 0.6 is 0 Å². The first-order valence-electron chi connectivity index (χ1n) is 16.9. The average Bonchev–Trinajstić information content (AvgIpc) is 3.61. The van der Waals surface area contributed by atoms with Crippen molar-refractivity contribution in [1.82, 2.24) is 19.5 Å². The van der Waals surface area contributed by atoms with E-state index in [1.807, 2.05) is 6.07 Å². The highest BCUT2D eigenvalue weighted by Gasteiger charge is 2.73. The number of anilines is 1. The summed E-state index contributed by atoms with van der Waals surface area (Å²) in [5, 5.41) is 2.45. The predicted octanol–water partition coefficient (Wildman–Crippen LogP) is 7.13. The van der Waals surface area contributed by atoms with Crippen molar-refractivity contribution in [2.24, 2.45) is 0 Å². The third-order valence-electron chi connectivity index (χ3n) is 10.3. The van der Waals surface area contributed by atoms with E-state index in [4.69, 9.17) is 18.1 Å². The van der Waals surface area contributed by atoms with Crippen molar-refractivity contribution >= 4 is 41.3 Å². The molecule has 12 nitrogen and oxygen atoms in total. The molecule has 1 saturated heterocycles. The molecule has 1 amide bonds. The van der Waals surface area contributed by atoms with Gasteiger partial charge in [-0.25, -0.2) is 15.0 Å². The second kappa shape index (κ2) is 13.6. The van der Waals surface area contributed by atoms with Crippen molar-refractivity contribution < 1.29 is 44.5 Å². The van der Waals surface area contributed by atoms with Gasteiger partial charge in [-0.15, -0.1) is 0 Å². The Labute approximate surface area is 301 Å². The zero-order valence-electron chi connectivity index (χ0n) is 29.7. The van der Waals surface area contributed by atoms with Crippen LogP contribution in [0.3, 0.4) is 0 Å². The SMILES string of the molecule is CC[C@@]1(C2(O[Si](C)(C)C(C)(C)C)CC2)O[C@@H](n2cnc3c(NC(=O)c4ccccc4)ncnc32)C(OS(=O)(=O)C(F)(F)F)C1OCc1ccccc1. The Balaban J connectivity index is 1.49. The summed E-state index contributed by atoms with van der Waals surface area (Å²) in [6, 6.07) is 17.3. The smallest absolute Gasteiger partial charge is 0.408 e. The van der Waals surface area contributed by atoms with Crippen LogP contribution in [0, 0.1) is 0 Å². The second-order valence-corrected chi connectivity index (χ2v) is 20.9. The van der Waals surface area contributed by atoms with Gasteiger partial charge in [0.2, 0.25) is 0 Å². The third-order valence-corrected chi connectivity index (χ3v) is 15.9.